The predicted molar refractivity (Wildman–Crippen MR) is 79.3 cm³/mol. The Hall–Kier alpha value is -0.820. The largest absolute Gasteiger partial charge is 0.508 e. The second-order valence-electron chi connectivity index (χ2n) is 5.22. The molecule has 7 heteroatoms. The zero-order valence-electron chi connectivity index (χ0n) is 11.3. The molecular formula is C13H19ClN2O3S. The van der Waals surface area contributed by atoms with E-state index in [1.165, 1.54) is 16.6 Å². The summed E-state index contributed by atoms with van der Waals surface area (Å²) in [5.41, 5.74) is 0.910. The fraction of sp³-hybridized carbons (Fsp3) is 0.538. The number of hydrogen-bond acceptors (Lipinski definition) is 4. The summed E-state index contributed by atoms with van der Waals surface area (Å²) < 4.78 is 24.3. The Bertz CT molecular complexity index is 557. The van der Waals surface area contributed by atoms with Gasteiger partial charge in [-0.2, -0.15) is 0 Å². The maximum atomic E-state index is 11.4. The van der Waals surface area contributed by atoms with Crippen molar-refractivity contribution in [2.24, 2.45) is 5.92 Å². The third kappa shape index (κ3) is 4.34. The predicted octanol–water partition coefficient (Wildman–Crippen LogP) is 1.42. The Morgan fingerprint density at radius 1 is 1.45 bits per heavy atom. The number of phenols is 1. The van der Waals surface area contributed by atoms with Crippen molar-refractivity contribution in [1.29, 1.82) is 0 Å². The van der Waals surface area contributed by atoms with E-state index in [-0.39, 0.29) is 5.75 Å². The van der Waals surface area contributed by atoms with Crippen molar-refractivity contribution < 1.29 is 13.5 Å². The van der Waals surface area contributed by atoms with Crippen molar-refractivity contribution >= 4 is 21.6 Å². The van der Waals surface area contributed by atoms with Gasteiger partial charge in [-0.05, 0) is 42.6 Å². The maximum Gasteiger partial charge on any atom is 0.211 e. The van der Waals surface area contributed by atoms with Crippen LogP contribution in [-0.2, 0) is 16.6 Å². The lowest BCUT2D eigenvalue weighted by Crippen LogP contribution is -2.30. The van der Waals surface area contributed by atoms with Crippen molar-refractivity contribution in [3.05, 3.63) is 28.8 Å². The summed E-state index contributed by atoms with van der Waals surface area (Å²) in [5.74, 6) is 0.482. The van der Waals surface area contributed by atoms with Gasteiger partial charge in [0.05, 0.1) is 6.26 Å². The number of phenolic OH excluding ortho intramolecular Hbond substituents is 1. The van der Waals surface area contributed by atoms with E-state index in [4.69, 9.17) is 11.6 Å². The molecule has 0 bridgehead atoms. The van der Waals surface area contributed by atoms with Gasteiger partial charge in [-0.3, -0.25) is 0 Å². The number of halogens is 1. The topological polar surface area (TPSA) is 69.6 Å². The molecule has 0 saturated carbocycles. The molecule has 2 N–H and O–H groups in total. The number of nitrogens with zero attached hydrogens (tertiary/aromatic N) is 1. The molecule has 1 aromatic rings. The summed E-state index contributed by atoms with van der Waals surface area (Å²) >= 11 is 5.86. The minimum atomic E-state index is -3.07. The van der Waals surface area contributed by atoms with Crippen molar-refractivity contribution in [1.82, 2.24) is 9.62 Å². The van der Waals surface area contributed by atoms with E-state index < -0.39 is 10.0 Å². The Balaban J connectivity index is 1.80. The Morgan fingerprint density at radius 3 is 2.80 bits per heavy atom. The molecule has 0 aromatic heterocycles. The molecular weight excluding hydrogens is 300 g/mol. The summed E-state index contributed by atoms with van der Waals surface area (Å²) in [6.07, 6.45) is 2.12. The van der Waals surface area contributed by atoms with E-state index in [1.54, 1.807) is 12.1 Å². The highest BCUT2D eigenvalue weighted by Crippen LogP contribution is 2.20. The average Bonchev–Trinajstić information content (AvgIpc) is 2.76. The molecule has 1 heterocycles. The lowest BCUT2D eigenvalue weighted by Gasteiger charge is -2.14. The summed E-state index contributed by atoms with van der Waals surface area (Å²) in [5, 5.41) is 13.2. The van der Waals surface area contributed by atoms with Crippen LogP contribution >= 0.6 is 11.6 Å². The number of sulfonamides is 1. The van der Waals surface area contributed by atoms with Gasteiger partial charge >= 0.3 is 0 Å². The van der Waals surface area contributed by atoms with Crippen LogP contribution in [0, 0.1) is 5.92 Å². The lowest BCUT2D eigenvalue weighted by atomic mass is 10.1. The van der Waals surface area contributed by atoms with Gasteiger partial charge < -0.3 is 10.4 Å². The van der Waals surface area contributed by atoms with Crippen LogP contribution < -0.4 is 5.32 Å². The number of rotatable bonds is 5. The van der Waals surface area contributed by atoms with E-state index in [2.05, 4.69) is 5.32 Å². The summed E-state index contributed by atoms with van der Waals surface area (Å²) in [7, 11) is -3.07. The first-order valence-electron chi connectivity index (χ1n) is 6.49. The highest BCUT2D eigenvalue weighted by Gasteiger charge is 2.27. The Kier molecular flexibility index (Phi) is 4.90. The number of nitrogens with one attached hydrogen (secondary N) is 1. The molecule has 20 heavy (non-hydrogen) atoms. The molecule has 1 atom stereocenters. The van der Waals surface area contributed by atoms with Crippen LogP contribution in [-0.4, -0.2) is 43.7 Å². The average molecular weight is 319 g/mol. The van der Waals surface area contributed by atoms with Crippen LogP contribution in [0.3, 0.4) is 0 Å². The van der Waals surface area contributed by atoms with E-state index in [0.717, 1.165) is 18.5 Å². The van der Waals surface area contributed by atoms with Crippen LogP contribution in [0.5, 0.6) is 5.75 Å². The molecule has 5 nitrogen and oxygen atoms in total. The lowest BCUT2D eigenvalue weighted by molar-refractivity contribution is 0.447. The van der Waals surface area contributed by atoms with E-state index in [1.807, 2.05) is 0 Å². The Labute approximate surface area is 124 Å². The first-order valence-corrected chi connectivity index (χ1v) is 8.71. The second kappa shape index (κ2) is 6.30. The molecule has 1 saturated heterocycles. The molecule has 1 unspecified atom stereocenters. The van der Waals surface area contributed by atoms with E-state index >= 15 is 0 Å². The van der Waals surface area contributed by atoms with Gasteiger partial charge in [0.2, 0.25) is 10.0 Å². The minimum Gasteiger partial charge on any atom is -0.508 e. The molecule has 0 radical (unpaired) electrons. The zero-order chi connectivity index (χ0) is 14.8. The molecule has 0 aliphatic carbocycles. The fourth-order valence-electron chi connectivity index (χ4n) is 2.42. The maximum absolute atomic E-state index is 11.4. The van der Waals surface area contributed by atoms with Gasteiger partial charge in [-0.15, -0.1) is 0 Å². The first kappa shape index (κ1) is 15.6. The summed E-state index contributed by atoms with van der Waals surface area (Å²) in [4.78, 5) is 0. The highest BCUT2D eigenvalue weighted by molar-refractivity contribution is 7.88. The van der Waals surface area contributed by atoms with Crippen LogP contribution in [0.1, 0.15) is 12.0 Å². The second-order valence-corrected chi connectivity index (χ2v) is 7.64. The van der Waals surface area contributed by atoms with Gasteiger partial charge in [0.25, 0.3) is 0 Å². The van der Waals surface area contributed by atoms with Crippen molar-refractivity contribution in [2.75, 3.05) is 25.9 Å². The monoisotopic (exact) mass is 318 g/mol. The number of aromatic hydroxyl groups is 1. The molecule has 1 aliphatic rings. The van der Waals surface area contributed by atoms with Crippen molar-refractivity contribution in [3.63, 3.8) is 0 Å². The van der Waals surface area contributed by atoms with Gasteiger partial charge in [0.1, 0.15) is 5.75 Å². The van der Waals surface area contributed by atoms with Gasteiger partial charge in [0, 0.05) is 24.7 Å². The number of benzene rings is 1. The van der Waals surface area contributed by atoms with Gasteiger partial charge in [-0.25, -0.2) is 12.7 Å². The highest BCUT2D eigenvalue weighted by atomic mass is 35.5. The third-order valence-corrected chi connectivity index (χ3v) is 4.91. The first-order chi connectivity index (χ1) is 9.34. The molecule has 0 spiro atoms. The molecule has 0 amide bonds. The van der Waals surface area contributed by atoms with Crippen LogP contribution in [0.25, 0.3) is 0 Å². The summed E-state index contributed by atoms with van der Waals surface area (Å²) in [6.45, 7) is 2.53. The molecule has 1 fully saturated rings. The third-order valence-electron chi connectivity index (χ3n) is 3.42. The van der Waals surface area contributed by atoms with Crippen molar-refractivity contribution in [3.8, 4) is 5.75 Å². The summed E-state index contributed by atoms with van der Waals surface area (Å²) in [6, 6.07) is 4.95. The standard InChI is InChI=1S/C13H19ClN2O3S/c1-20(18,19)16-3-2-10(9-16)7-15-8-11-4-12(14)6-13(17)5-11/h4-6,10,15,17H,2-3,7-9H2,1H3. The van der Waals surface area contributed by atoms with E-state index in [9.17, 15) is 13.5 Å². The Morgan fingerprint density at radius 2 is 2.20 bits per heavy atom. The minimum absolute atomic E-state index is 0.151. The van der Waals surface area contributed by atoms with Crippen molar-refractivity contribution in [2.45, 2.75) is 13.0 Å². The number of hydrogen-bond donors (Lipinski definition) is 2. The SMILES string of the molecule is CS(=O)(=O)N1CCC(CNCc2cc(O)cc(Cl)c2)C1. The van der Waals surface area contributed by atoms with E-state index in [0.29, 0.717) is 30.6 Å². The molecule has 1 aromatic carbocycles. The molecule has 1 aliphatic heterocycles. The molecule has 112 valence electrons. The van der Waals surface area contributed by atoms with Crippen LogP contribution in [0.15, 0.2) is 18.2 Å². The van der Waals surface area contributed by atoms with Crippen LogP contribution in [0.2, 0.25) is 5.02 Å². The quantitative estimate of drug-likeness (QED) is 0.861. The zero-order valence-corrected chi connectivity index (χ0v) is 12.9. The van der Waals surface area contributed by atoms with Gasteiger partial charge in [-0.1, -0.05) is 11.6 Å². The normalized spacial score (nSPS) is 20.4. The van der Waals surface area contributed by atoms with Crippen LogP contribution in [0.4, 0.5) is 0 Å². The van der Waals surface area contributed by atoms with Gasteiger partial charge in [0.15, 0.2) is 0 Å². The smallest absolute Gasteiger partial charge is 0.211 e. The fourth-order valence-corrected chi connectivity index (χ4v) is 3.59. The molecule has 2 rings (SSSR count).